The minimum Gasteiger partial charge on any atom is -0.506 e. The molecule has 4 N–H and O–H groups in total. The van der Waals surface area contributed by atoms with E-state index in [1.165, 1.54) is 19.2 Å². The lowest BCUT2D eigenvalue weighted by Gasteiger charge is -2.15. The van der Waals surface area contributed by atoms with E-state index in [2.05, 4.69) is 5.73 Å². The summed E-state index contributed by atoms with van der Waals surface area (Å²) in [4.78, 5) is 0. The van der Waals surface area contributed by atoms with Gasteiger partial charge in [-0.2, -0.15) is 0 Å². The molecular formula is C23H26Cl2O6. The second-order valence-corrected chi connectivity index (χ2v) is 7.64. The van der Waals surface area contributed by atoms with Crippen LogP contribution in [0.2, 0.25) is 10.0 Å². The molecule has 0 heterocycles. The van der Waals surface area contributed by atoms with Crippen molar-refractivity contribution in [2.45, 2.75) is 25.0 Å². The summed E-state index contributed by atoms with van der Waals surface area (Å²) >= 11 is 11.9. The SMILES string of the molecule is COCC(=C=CC[C@H](O)c1ccccc1OCCO)C[C@H](O)c1cc(Cl)cc(Cl)c1O. The zero-order chi connectivity index (χ0) is 22.8. The fraction of sp³-hybridized carbons (Fsp3) is 0.348. The van der Waals surface area contributed by atoms with Crippen molar-refractivity contribution in [2.24, 2.45) is 0 Å². The number of aliphatic hydroxyl groups is 3. The summed E-state index contributed by atoms with van der Waals surface area (Å²) in [6.07, 6.45) is 0.115. The Kier molecular flexibility index (Phi) is 10.4. The molecule has 6 nitrogen and oxygen atoms in total. The highest BCUT2D eigenvalue weighted by molar-refractivity contribution is 6.35. The van der Waals surface area contributed by atoms with Crippen LogP contribution in [0.5, 0.6) is 11.5 Å². The number of aromatic hydroxyl groups is 1. The molecule has 0 unspecified atom stereocenters. The lowest BCUT2D eigenvalue weighted by Crippen LogP contribution is -2.06. The van der Waals surface area contributed by atoms with Crippen molar-refractivity contribution in [1.29, 1.82) is 0 Å². The molecule has 0 radical (unpaired) electrons. The van der Waals surface area contributed by atoms with Crippen molar-refractivity contribution >= 4 is 23.2 Å². The number of methoxy groups -OCH3 is 1. The smallest absolute Gasteiger partial charge is 0.140 e. The molecule has 31 heavy (non-hydrogen) atoms. The lowest BCUT2D eigenvalue weighted by atomic mass is 10.0. The average molecular weight is 469 g/mol. The number of hydrogen-bond donors (Lipinski definition) is 4. The van der Waals surface area contributed by atoms with E-state index in [0.717, 1.165) is 0 Å². The first-order chi connectivity index (χ1) is 14.9. The molecule has 2 rings (SSSR count). The Hall–Kier alpha value is -2.02. The summed E-state index contributed by atoms with van der Waals surface area (Å²) in [7, 11) is 1.52. The molecule has 0 fully saturated rings. The first kappa shape index (κ1) is 25.2. The van der Waals surface area contributed by atoms with E-state index >= 15 is 0 Å². The number of halogens is 2. The van der Waals surface area contributed by atoms with Crippen molar-refractivity contribution in [3.8, 4) is 11.5 Å². The molecule has 2 atom stereocenters. The van der Waals surface area contributed by atoms with E-state index in [-0.39, 0.29) is 49.0 Å². The maximum atomic E-state index is 10.6. The minimum absolute atomic E-state index is 0.0552. The van der Waals surface area contributed by atoms with E-state index in [1.807, 2.05) is 0 Å². The molecule has 0 bridgehead atoms. The molecule has 0 spiro atoms. The van der Waals surface area contributed by atoms with Crippen LogP contribution < -0.4 is 4.74 Å². The van der Waals surface area contributed by atoms with E-state index in [4.69, 9.17) is 37.8 Å². The van der Waals surface area contributed by atoms with Crippen molar-refractivity contribution < 1.29 is 29.9 Å². The summed E-state index contributed by atoms with van der Waals surface area (Å²) in [5.41, 5.74) is 4.49. The van der Waals surface area contributed by atoms with Gasteiger partial charge in [0.25, 0.3) is 0 Å². The molecule has 168 valence electrons. The van der Waals surface area contributed by atoms with Crippen molar-refractivity contribution in [1.82, 2.24) is 0 Å². The van der Waals surface area contributed by atoms with Crippen LogP contribution in [-0.2, 0) is 4.74 Å². The first-order valence-corrected chi connectivity index (χ1v) is 10.4. The normalized spacial score (nSPS) is 12.7. The van der Waals surface area contributed by atoms with Crippen molar-refractivity contribution in [3.63, 3.8) is 0 Å². The van der Waals surface area contributed by atoms with Gasteiger partial charge in [-0.15, -0.1) is 5.73 Å². The Morgan fingerprint density at radius 3 is 2.58 bits per heavy atom. The third-order valence-electron chi connectivity index (χ3n) is 4.45. The van der Waals surface area contributed by atoms with E-state index in [0.29, 0.717) is 21.9 Å². The van der Waals surface area contributed by atoms with Gasteiger partial charge < -0.3 is 29.9 Å². The topological polar surface area (TPSA) is 99.4 Å². The highest BCUT2D eigenvalue weighted by Crippen LogP contribution is 2.37. The van der Waals surface area contributed by atoms with Gasteiger partial charge in [0, 0.05) is 36.1 Å². The van der Waals surface area contributed by atoms with Crippen molar-refractivity contribution in [2.75, 3.05) is 26.9 Å². The number of aliphatic hydroxyl groups excluding tert-OH is 3. The second-order valence-electron chi connectivity index (χ2n) is 6.79. The zero-order valence-electron chi connectivity index (χ0n) is 17.1. The molecule has 2 aromatic rings. The van der Waals surface area contributed by atoms with Crippen LogP contribution in [0.4, 0.5) is 0 Å². The Labute approximate surface area is 191 Å². The van der Waals surface area contributed by atoms with Crippen LogP contribution in [0, 0.1) is 0 Å². The van der Waals surface area contributed by atoms with Crippen LogP contribution in [0.3, 0.4) is 0 Å². The van der Waals surface area contributed by atoms with Gasteiger partial charge in [0.05, 0.1) is 30.4 Å². The highest BCUT2D eigenvalue weighted by atomic mass is 35.5. The molecule has 0 aromatic heterocycles. The van der Waals surface area contributed by atoms with Crippen LogP contribution in [0.15, 0.2) is 53.8 Å². The highest BCUT2D eigenvalue weighted by Gasteiger charge is 2.18. The number of rotatable bonds is 11. The van der Waals surface area contributed by atoms with Crippen LogP contribution >= 0.6 is 23.2 Å². The minimum atomic E-state index is -1.07. The monoisotopic (exact) mass is 468 g/mol. The number of ether oxygens (including phenoxy) is 2. The molecule has 2 aromatic carbocycles. The number of para-hydroxylation sites is 1. The van der Waals surface area contributed by atoms with E-state index in [1.54, 1.807) is 30.3 Å². The van der Waals surface area contributed by atoms with Crippen LogP contribution in [0.1, 0.15) is 36.2 Å². The van der Waals surface area contributed by atoms with Gasteiger partial charge in [0.2, 0.25) is 0 Å². The molecule has 0 aliphatic carbocycles. The molecule has 8 heteroatoms. The summed E-state index contributed by atoms with van der Waals surface area (Å²) in [6, 6.07) is 9.90. The Balaban J connectivity index is 2.15. The summed E-state index contributed by atoms with van der Waals surface area (Å²) < 4.78 is 10.6. The molecule has 0 aliphatic rings. The number of phenols is 1. The van der Waals surface area contributed by atoms with Crippen LogP contribution in [0.25, 0.3) is 0 Å². The third-order valence-corrected chi connectivity index (χ3v) is 4.96. The molecular weight excluding hydrogens is 443 g/mol. The third kappa shape index (κ3) is 7.56. The quantitative estimate of drug-likeness (QED) is 0.366. The number of benzene rings is 2. The predicted molar refractivity (Wildman–Crippen MR) is 120 cm³/mol. The maximum absolute atomic E-state index is 10.6. The second kappa shape index (κ2) is 12.7. The van der Waals surface area contributed by atoms with Gasteiger partial charge in [-0.25, -0.2) is 0 Å². The number of hydrogen-bond acceptors (Lipinski definition) is 6. The number of phenolic OH excluding ortho intramolecular Hbond substituents is 1. The molecule has 0 saturated heterocycles. The molecule has 0 saturated carbocycles. The van der Waals surface area contributed by atoms with Gasteiger partial charge >= 0.3 is 0 Å². The van der Waals surface area contributed by atoms with Gasteiger partial charge in [-0.05, 0) is 29.8 Å². The summed E-state index contributed by atoms with van der Waals surface area (Å²) in [5.74, 6) is 0.275. The van der Waals surface area contributed by atoms with Gasteiger partial charge in [0.1, 0.15) is 18.1 Å². The van der Waals surface area contributed by atoms with Crippen LogP contribution in [-0.4, -0.2) is 47.4 Å². The van der Waals surface area contributed by atoms with E-state index < -0.39 is 12.2 Å². The van der Waals surface area contributed by atoms with Gasteiger partial charge in [-0.1, -0.05) is 41.4 Å². The Bertz CT molecular complexity index is 924. The van der Waals surface area contributed by atoms with Crippen molar-refractivity contribution in [3.05, 3.63) is 75.0 Å². The Morgan fingerprint density at radius 1 is 1.13 bits per heavy atom. The van der Waals surface area contributed by atoms with E-state index in [9.17, 15) is 15.3 Å². The zero-order valence-corrected chi connectivity index (χ0v) is 18.6. The average Bonchev–Trinajstić information content (AvgIpc) is 2.74. The van der Waals surface area contributed by atoms with Gasteiger partial charge in [0.15, 0.2) is 0 Å². The fourth-order valence-corrected chi connectivity index (χ4v) is 3.51. The molecule has 0 aliphatic heterocycles. The molecule has 0 amide bonds. The lowest BCUT2D eigenvalue weighted by molar-refractivity contribution is 0.161. The van der Waals surface area contributed by atoms with Gasteiger partial charge in [-0.3, -0.25) is 0 Å². The summed E-state index contributed by atoms with van der Waals surface area (Å²) in [6.45, 7) is 0.216. The first-order valence-electron chi connectivity index (χ1n) is 9.65. The largest absolute Gasteiger partial charge is 0.506 e. The predicted octanol–water partition coefficient (Wildman–Crippen LogP) is 4.35. The Morgan fingerprint density at radius 2 is 1.87 bits per heavy atom. The maximum Gasteiger partial charge on any atom is 0.140 e. The fourth-order valence-electron chi connectivity index (χ4n) is 3.00. The standard InChI is InChI=1S/C23H26Cl2O6/c1-30-14-15(11-21(28)18-12-16(24)13-19(25)23(18)29)5-4-7-20(27)17-6-2-3-8-22(17)31-10-9-26/h2-4,6,8,12-13,20-21,26-29H,7,9-11,14H2,1H3/t5?,20-,21-/m0/s1. The summed E-state index contributed by atoms with van der Waals surface area (Å²) in [5, 5.41) is 40.5.